The Balaban J connectivity index is 1.85. The van der Waals surface area contributed by atoms with E-state index in [-0.39, 0.29) is 17.6 Å². The number of carbonyl (C=O) groups excluding carboxylic acids is 1. The van der Waals surface area contributed by atoms with Gasteiger partial charge >= 0.3 is 0 Å². The molecule has 2 aliphatic rings. The summed E-state index contributed by atoms with van der Waals surface area (Å²) in [7, 11) is 1.69. The van der Waals surface area contributed by atoms with Crippen LogP contribution < -0.4 is 15.8 Å². The van der Waals surface area contributed by atoms with E-state index in [9.17, 15) is 14.7 Å². The second-order valence-electron chi connectivity index (χ2n) is 7.25. The lowest BCUT2D eigenvalue weighted by Crippen LogP contribution is -2.55. The molecule has 4 rings (SSSR count). The first-order chi connectivity index (χ1) is 13.1. The van der Waals surface area contributed by atoms with Crippen LogP contribution in [0, 0.1) is 5.92 Å². The minimum Gasteiger partial charge on any atom is -0.502 e. The molecule has 1 fully saturated rings. The van der Waals surface area contributed by atoms with Gasteiger partial charge in [0.15, 0.2) is 11.4 Å². The summed E-state index contributed by atoms with van der Waals surface area (Å²) < 4.78 is 1.67. The quantitative estimate of drug-likeness (QED) is 0.853. The molecule has 0 aliphatic carbocycles. The predicted octanol–water partition coefficient (Wildman–Crippen LogP) is 1.28. The fraction of sp³-hybridized carbons (Fsp3) is 0.400. The highest BCUT2D eigenvalue weighted by Crippen LogP contribution is 2.35. The maximum atomic E-state index is 12.6. The number of piperidine rings is 1. The highest BCUT2D eigenvalue weighted by atomic mass is 16.3. The summed E-state index contributed by atoms with van der Waals surface area (Å²) in [5.41, 5.74) is 0.658. The van der Waals surface area contributed by atoms with E-state index in [0.717, 1.165) is 31.5 Å². The van der Waals surface area contributed by atoms with Gasteiger partial charge in [0.1, 0.15) is 6.67 Å². The zero-order valence-electron chi connectivity index (χ0n) is 15.3. The van der Waals surface area contributed by atoms with Gasteiger partial charge in [0.05, 0.1) is 6.04 Å². The van der Waals surface area contributed by atoms with Crippen LogP contribution in [-0.4, -0.2) is 47.4 Å². The molecule has 1 aromatic carbocycles. The van der Waals surface area contributed by atoms with Crippen LogP contribution in [0.25, 0.3) is 0 Å². The van der Waals surface area contributed by atoms with Gasteiger partial charge in [0.2, 0.25) is 5.43 Å². The molecule has 7 nitrogen and oxygen atoms in total. The van der Waals surface area contributed by atoms with Crippen LogP contribution in [0.1, 0.15) is 34.9 Å². The fourth-order valence-corrected chi connectivity index (χ4v) is 4.18. The lowest BCUT2D eigenvalue weighted by atomic mass is 9.85. The Labute approximate surface area is 157 Å². The molecule has 1 aromatic heterocycles. The van der Waals surface area contributed by atoms with Crippen molar-refractivity contribution >= 4 is 5.91 Å². The van der Waals surface area contributed by atoms with E-state index in [0.29, 0.717) is 12.6 Å². The van der Waals surface area contributed by atoms with E-state index in [1.165, 1.54) is 6.07 Å². The van der Waals surface area contributed by atoms with E-state index in [2.05, 4.69) is 22.5 Å². The third-order valence-electron chi connectivity index (χ3n) is 5.53. The number of nitrogens with one attached hydrogen (secondary N) is 1. The van der Waals surface area contributed by atoms with Gasteiger partial charge in [-0.25, -0.2) is 0 Å². The Morgan fingerprint density at radius 1 is 1.11 bits per heavy atom. The summed E-state index contributed by atoms with van der Waals surface area (Å²) in [5.74, 6) is -0.445. The topological polar surface area (TPSA) is 77.8 Å². The van der Waals surface area contributed by atoms with E-state index in [1.807, 2.05) is 18.2 Å². The second-order valence-corrected chi connectivity index (χ2v) is 7.25. The van der Waals surface area contributed by atoms with E-state index < -0.39 is 11.2 Å². The zero-order chi connectivity index (χ0) is 19.0. The number of aromatic hydroxyl groups is 1. The van der Waals surface area contributed by atoms with Crippen LogP contribution in [0.15, 0.2) is 47.4 Å². The summed E-state index contributed by atoms with van der Waals surface area (Å²) in [6, 6.07) is 11.6. The van der Waals surface area contributed by atoms with Crippen LogP contribution in [0.2, 0.25) is 0 Å². The summed E-state index contributed by atoms with van der Waals surface area (Å²) in [6.07, 6.45) is 3.64. The molecule has 1 saturated heterocycles. The monoisotopic (exact) mass is 368 g/mol. The first-order valence-electron chi connectivity index (χ1n) is 9.30. The fourth-order valence-electron chi connectivity index (χ4n) is 4.18. The molecule has 2 aliphatic heterocycles. The summed E-state index contributed by atoms with van der Waals surface area (Å²) in [4.78, 5) is 26.1. The molecule has 1 unspecified atom stereocenters. The highest BCUT2D eigenvalue weighted by Gasteiger charge is 2.37. The molecule has 7 heteroatoms. The number of benzene rings is 1. The number of fused-ring (bicyclic) bond motifs is 1. The van der Waals surface area contributed by atoms with Gasteiger partial charge in [-0.3, -0.25) is 19.3 Å². The van der Waals surface area contributed by atoms with Crippen molar-refractivity contribution in [1.82, 2.24) is 14.9 Å². The maximum Gasteiger partial charge on any atom is 0.277 e. The van der Waals surface area contributed by atoms with Crippen molar-refractivity contribution in [3.05, 3.63) is 64.1 Å². The molecule has 2 aromatic rings. The maximum absolute atomic E-state index is 12.6. The largest absolute Gasteiger partial charge is 0.502 e. The molecule has 0 radical (unpaired) electrons. The number of aromatic nitrogens is 1. The summed E-state index contributed by atoms with van der Waals surface area (Å²) >= 11 is 0. The standard InChI is InChI=1S/C20H24N4O3/c1-22-13-24(23-12-9-16(25)19(26)18(23)20(22)27)17(14-5-3-2-4-6-14)15-7-10-21-11-8-15/h2-6,9,12,15,17,21,26H,7-8,10-11,13H2,1H3. The molecule has 0 spiro atoms. The molecule has 0 saturated carbocycles. The average Bonchev–Trinajstić information content (AvgIpc) is 2.70. The molecule has 3 heterocycles. The minimum absolute atomic E-state index is 0.0319. The molecule has 0 bridgehead atoms. The van der Waals surface area contributed by atoms with Gasteiger partial charge in [0, 0.05) is 19.3 Å². The number of carbonyl (C=O) groups is 1. The van der Waals surface area contributed by atoms with Crippen molar-refractivity contribution in [2.75, 3.05) is 31.8 Å². The molecule has 1 atom stereocenters. The smallest absolute Gasteiger partial charge is 0.277 e. The average molecular weight is 368 g/mol. The van der Waals surface area contributed by atoms with Gasteiger partial charge in [-0.2, -0.15) is 0 Å². The lowest BCUT2D eigenvalue weighted by molar-refractivity contribution is 0.0709. The van der Waals surface area contributed by atoms with E-state index in [4.69, 9.17) is 0 Å². The summed E-state index contributed by atoms with van der Waals surface area (Å²) in [6.45, 7) is 2.30. The third kappa shape index (κ3) is 3.08. The molecule has 2 N–H and O–H groups in total. The first-order valence-corrected chi connectivity index (χ1v) is 9.30. The van der Waals surface area contributed by atoms with Crippen molar-refractivity contribution in [1.29, 1.82) is 0 Å². The number of amides is 1. The van der Waals surface area contributed by atoms with Crippen molar-refractivity contribution in [3.8, 4) is 5.75 Å². The Bertz CT molecular complexity index is 890. The number of rotatable bonds is 3. The Kier molecular flexibility index (Phi) is 4.61. The number of hydrogen-bond donors (Lipinski definition) is 2. The highest BCUT2D eigenvalue weighted by molar-refractivity contribution is 5.95. The molecule has 1 amide bonds. The Morgan fingerprint density at radius 3 is 2.52 bits per heavy atom. The van der Waals surface area contributed by atoms with Gasteiger partial charge in [-0.1, -0.05) is 30.3 Å². The zero-order valence-corrected chi connectivity index (χ0v) is 15.3. The van der Waals surface area contributed by atoms with Gasteiger partial charge in [0.25, 0.3) is 5.91 Å². The minimum atomic E-state index is -0.539. The lowest BCUT2D eigenvalue weighted by Gasteiger charge is -2.46. The van der Waals surface area contributed by atoms with Gasteiger partial charge < -0.3 is 15.3 Å². The van der Waals surface area contributed by atoms with Crippen LogP contribution in [0.3, 0.4) is 0 Å². The van der Waals surface area contributed by atoms with Crippen LogP contribution in [0.4, 0.5) is 0 Å². The molecule has 142 valence electrons. The van der Waals surface area contributed by atoms with Crippen molar-refractivity contribution in [3.63, 3.8) is 0 Å². The van der Waals surface area contributed by atoms with Crippen LogP contribution in [-0.2, 0) is 0 Å². The van der Waals surface area contributed by atoms with E-state index in [1.54, 1.807) is 22.8 Å². The number of nitrogens with zero attached hydrogens (tertiary/aromatic N) is 3. The van der Waals surface area contributed by atoms with Gasteiger partial charge in [-0.05, 0) is 37.4 Å². The number of hydrogen-bond acceptors (Lipinski definition) is 5. The molecule has 27 heavy (non-hydrogen) atoms. The van der Waals surface area contributed by atoms with Crippen LogP contribution in [0.5, 0.6) is 5.75 Å². The van der Waals surface area contributed by atoms with Crippen LogP contribution >= 0.6 is 0 Å². The Morgan fingerprint density at radius 2 is 1.81 bits per heavy atom. The third-order valence-corrected chi connectivity index (χ3v) is 5.53. The molecular weight excluding hydrogens is 344 g/mol. The predicted molar refractivity (Wildman–Crippen MR) is 102 cm³/mol. The summed E-state index contributed by atoms with van der Waals surface area (Å²) in [5, 5.41) is 15.8. The first kappa shape index (κ1) is 17.6. The Hall–Kier alpha value is -2.80. The van der Waals surface area contributed by atoms with Crippen molar-refractivity contribution in [2.45, 2.75) is 18.9 Å². The van der Waals surface area contributed by atoms with E-state index >= 15 is 0 Å². The van der Waals surface area contributed by atoms with Crippen molar-refractivity contribution in [2.24, 2.45) is 5.92 Å². The second kappa shape index (κ2) is 7.08. The SMILES string of the molecule is CN1CN(C(c2ccccc2)C2CCNCC2)n2ccc(=O)c(O)c2C1=O. The number of pyridine rings is 1. The van der Waals surface area contributed by atoms with Crippen molar-refractivity contribution < 1.29 is 9.90 Å². The normalized spacial score (nSPS) is 19.1. The van der Waals surface area contributed by atoms with Gasteiger partial charge in [-0.15, -0.1) is 0 Å². The molecular formula is C20H24N4O3.